The number of benzene rings is 1. The van der Waals surface area contributed by atoms with Gasteiger partial charge in [-0.05, 0) is 31.0 Å². The summed E-state index contributed by atoms with van der Waals surface area (Å²) in [4.78, 5) is 13.9. The molecule has 0 fully saturated rings. The Hall–Kier alpha value is -1.56. The first-order valence-electron chi connectivity index (χ1n) is 6.57. The average Bonchev–Trinajstić information content (AvgIpc) is 2.38. The van der Waals surface area contributed by atoms with Crippen LogP contribution < -0.4 is 5.73 Å². The number of hydrogen-bond donors (Lipinski definition) is 1. The first kappa shape index (κ1) is 16.5. The Morgan fingerprint density at radius 1 is 1.30 bits per heavy atom. The van der Waals surface area contributed by atoms with E-state index in [4.69, 9.17) is 5.73 Å². The van der Waals surface area contributed by atoms with Gasteiger partial charge in [0.1, 0.15) is 5.25 Å². The number of nitrogen functional groups attached to an aromatic ring is 1. The molecule has 1 aromatic carbocycles. The van der Waals surface area contributed by atoms with E-state index in [-0.39, 0.29) is 5.91 Å². The molecule has 1 rings (SSSR count). The van der Waals surface area contributed by atoms with E-state index in [9.17, 15) is 13.2 Å². The Morgan fingerprint density at radius 3 is 2.30 bits per heavy atom. The molecule has 0 aliphatic rings. The number of nitrogens with two attached hydrogens (primary N) is 1. The Labute approximate surface area is 120 Å². The second kappa shape index (κ2) is 6.74. The number of amides is 1. The van der Waals surface area contributed by atoms with Crippen LogP contribution >= 0.6 is 0 Å². The van der Waals surface area contributed by atoms with Crippen molar-refractivity contribution in [3.63, 3.8) is 0 Å². The van der Waals surface area contributed by atoms with Gasteiger partial charge in [0.05, 0.1) is 0 Å². The summed E-state index contributed by atoms with van der Waals surface area (Å²) in [6.07, 6.45) is 1.86. The summed E-state index contributed by atoms with van der Waals surface area (Å²) in [7, 11) is -3.38. The van der Waals surface area contributed by atoms with Crippen LogP contribution in [0.3, 0.4) is 0 Å². The minimum atomic E-state index is -3.38. The highest BCUT2D eigenvalue weighted by Crippen LogP contribution is 2.12. The zero-order valence-electron chi connectivity index (χ0n) is 12.2. The standard InChI is InChI=1S/C14H22N2O3S/c1-4-9-16(14(17)11(2)20(3,18)19)10-12-5-7-13(15)8-6-12/h5-8,11H,4,9-10,15H2,1-3H3. The molecule has 0 aliphatic carbocycles. The molecule has 0 radical (unpaired) electrons. The van der Waals surface area contributed by atoms with E-state index in [2.05, 4.69) is 0 Å². The van der Waals surface area contributed by atoms with Crippen molar-refractivity contribution < 1.29 is 13.2 Å². The quantitative estimate of drug-likeness (QED) is 0.806. The molecular formula is C14H22N2O3S. The fraction of sp³-hybridized carbons (Fsp3) is 0.500. The summed E-state index contributed by atoms with van der Waals surface area (Å²) in [6.45, 7) is 4.31. The summed E-state index contributed by atoms with van der Waals surface area (Å²) in [5.74, 6) is -0.355. The van der Waals surface area contributed by atoms with Crippen molar-refractivity contribution in [2.75, 3.05) is 18.5 Å². The molecule has 1 atom stereocenters. The van der Waals surface area contributed by atoms with Gasteiger partial charge in [-0.3, -0.25) is 4.79 Å². The molecular weight excluding hydrogens is 276 g/mol. The van der Waals surface area contributed by atoms with E-state index in [1.807, 2.05) is 19.1 Å². The van der Waals surface area contributed by atoms with Crippen molar-refractivity contribution in [3.8, 4) is 0 Å². The highest BCUT2D eigenvalue weighted by Gasteiger charge is 2.27. The molecule has 0 bridgehead atoms. The van der Waals surface area contributed by atoms with Gasteiger partial charge in [0.25, 0.3) is 0 Å². The van der Waals surface area contributed by atoms with Crippen molar-refractivity contribution >= 4 is 21.4 Å². The van der Waals surface area contributed by atoms with Gasteiger partial charge in [0.2, 0.25) is 5.91 Å². The van der Waals surface area contributed by atoms with Crippen LogP contribution in [0.1, 0.15) is 25.8 Å². The third-order valence-corrected chi connectivity index (χ3v) is 4.63. The van der Waals surface area contributed by atoms with E-state index in [1.165, 1.54) is 6.92 Å². The minimum absolute atomic E-state index is 0.355. The van der Waals surface area contributed by atoms with Gasteiger partial charge < -0.3 is 10.6 Å². The number of nitrogens with zero attached hydrogens (tertiary/aromatic N) is 1. The van der Waals surface area contributed by atoms with Crippen LogP contribution in [-0.2, 0) is 21.2 Å². The van der Waals surface area contributed by atoms with Crippen molar-refractivity contribution in [1.82, 2.24) is 4.90 Å². The zero-order chi connectivity index (χ0) is 15.3. The van der Waals surface area contributed by atoms with Crippen LogP contribution in [0, 0.1) is 0 Å². The summed E-state index contributed by atoms with van der Waals surface area (Å²) >= 11 is 0. The lowest BCUT2D eigenvalue weighted by Crippen LogP contribution is -2.41. The number of hydrogen-bond acceptors (Lipinski definition) is 4. The van der Waals surface area contributed by atoms with Crippen LogP contribution in [0.2, 0.25) is 0 Å². The monoisotopic (exact) mass is 298 g/mol. The molecule has 0 aromatic heterocycles. The minimum Gasteiger partial charge on any atom is -0.399 e. The van der Waals surface area contributed by atoms with Gasteiger partial charge in [-0.25, -0.2) is 8.42 Å². The van der Waals surface area contributed by atoms with Gasteiger partial charge in [-0.1, -0.05) is 19.1 Å². The van der Waals surface area contributed by atoms with Gasteiger partial charge in [-0.2, -0.15) is 0 Å². The highest BCUT2D eigenvalue weighted by molar-refractivity contribution is 7.92. The number of anilines is 1. The first-order chi connectivity index (χ1) is 9.25. The van der Waals surface area contributed by atoms with E-state index < -0.39 is 15.1 Å². The van der Waals surface area contributed by atoms with Crippen LogP contribution in [0.4, 0.5) is 5.69 Å². The van der Waals surface area contributed by atoms with Crippen LogP contribution in [0.15, 0.2) is 24.3 Å². The molecule has 0 saturated heterocycles. The van der Waals surface area contributed by atoms with E-state index >= 15 is 0 Å². The molecule has 6 heteroatoms. The Kier molecular flexibility index (Phi) is 5.56. The summed E-state index contributed by atoms with van der Waals surface area (Å²) < 4.78 is 23.0. The van der Waals surface area contributed by atoms with E-state index in [0.29, 0.717) is 18.8 Å². The van der Waals surface area contributed by atoms with E-state index in [1.54, 1.807) is 17.0 Å². The summed E-state index contributed by atoms with van der Waals surface area (Å²) in [5, 5.41) is -1.01. The van der Waals surface area contributed by atoms with Crippen molar-refractivity contribution in [3.05, 3.63) is 29.8 Å². The highest BCUT2D eigenvalue weighted by atomic mass is 32.2. The molecule has 1 amide bonds. The van der Waals surface area contributed by atoms with Gasteiger partial charge in [-0.15, -0.1) is 0 Å². The van der Waals surface area contributed by atoms with Crippen LogP contribution in [-0.4, -0.2) is 37.3 Å². The number of carbonyl (C=O) groups excluding carboxylic acids is 1. The lowest BCUT2D eigenvalue weighted by molar-refractivity contribution is -0.131. The zero-order valence-corrected chi connectivity index (χ0v) is 13.0. The third kappa shape index (κ3) is 4.52. The maximum atomic E-state index is 12.3. The second-order valence-corrected chi connectivity index (χ2v) is 7.34. The molecule has 0 heterocycles. The van der Waals surface area contributed by atoms with Crippen LogP contribution in [0.5, 0.6) is 0 Å². The smallest absolute Gasteiger partial charge is 0.240 e. The Bertz CT molecular complexity index is 552. The van der Waals surface area contributed by atoms with Crippen LogP contribution in [0.25, 0.3) is 0 Å². The molecule has 20 heavy (non-hydrogen) atoms. The number of rotatable bonds is 6. The Morgan fingerprint density at radius 2 is 1.85 bits per heavy atom. The SMILES string of the molecule is CCCN(Cc1ccc(N)cc1)C(=O)C(C)S(C)(=O)=O. The molecule has 112 valence electrons. The average molecular weight is 298 g/mol. The third-order valence-electron chi connectivity index (χ3n) is 3.15. The first-order valence-corrected chi connectivity index (χ1v) is 8.53. The molecule has 5 nitrogen and oxygen atoms in total. The maximum absolute atomic E-state index is 12.3. The predicted octanol–water partition coefficient (Wildman–Crippen LogP) is 1.44. The summed E-state index contributed by atoms with van der Waals surface area (Å²) in [6, 6.07) is 7.22. The lowest BCUT2D eigenvalue weighted by Gasteiger charge is -2.25. The topological polar surface area (TPSA) is 80.5 Å². The van der Waals surface area contributed by atoms with Crippen molar-refractivity contribution in [2.45, 2.75) is 32.1 Å². The van der Waals surface area contributed by atoms with Gasteiger partial charge in [0.15, 0.2) is 9.84 Å². The molecule has 1 aromatic rings. The van der Waals surface area contributed by atoms with Gasteiger partial charge in [0, 0.05) is 25.0 Å². The fourth-order valence-corrected chi connectivity index (χ4v) is 2.34. The molecule has 1 unspecified atom stereocenters. The van der Waals surface area contributed by atoms with Crippen molar-refractivity contribution in [1.29, 1.82) is 0 Å². The number of sulfone groups is 1. The second-order valence-electron chi connectivity index (χ2n) is 4.97. The molecule has 0 saturated carbocycles. The fourth-order valence-electron chi connectivity index (χ4n) is 1.82. The van der Waals surface area contributed by atoms with Crippen molar-refractivity contribution in [2.24, 2.45) is 0 Å². The lowest BCUT2D eigenvalue weighted by atomic mass is 10.2. The molecule has 2 N–H and O–H groups in total. The maximum Gasteiger partial charge on any atom is 0.240 e. The molecule has 0 aliphatic heterocycles. The predicted molar refractivity (Wildman–Crippen MR) is 80.9 cm³/mol. The normalized spacial score (nSPS) is 12.9. The Balaban J connectivity index is 2.88. The largest absolute Gasteiger partial charge is 0.399 e. The number of carbonyl (C=O) groups is 1. The molecule has 0 spiro atoms. The summed E-state index contributed by atoms with van der Waals surface area (Å²) in [5.41, 5.74) is 7.21. The van der Waals surface area contributed by atoms with Gasteiger partial charge >= 0.3 is 0 Å². The van der Waals surface area contributed by atoms with E-state index in [0.717, 1.165) is 18.2 Å².